The van der Waals surface area contributed by atoms with Gasteiger partial charge in [-0.05, 0) is 103 Å². The van der Waals surface area contributed by atoms with Crippen LogP contribution in [-0.4, -0.2) is 35.0 Å². The quantitative estimate of drug-likeness (QED) is 0.389. The molecule has 4 saturated carbocycles. The fourth-order valence-corrected chi connectivity index (χ4v) is 12.1. The van der Waals surface area contributed by atoms with Crippen molar-refractivity contribution in [3.63, 3.8) is 0 Å². The van der Waals surface area contributed by atoms with Gasteiger partial charge in [0, 0.05) is 11.0 Å². The van der Waals surface area contributed by atoms with E-state index in [-0.39, 0.29) is 44.8 Å². The minimum atomic E-state index is -4.45. The summed E-state index contributed by atoms with van der Waals surface area (Å²) in [6, 6.07) is 0. The summed E-state index contributed by atoms with van der Waals surface area (Å²) >= 11 is 0. The van der Waals surface area contributed by atoms with Crippen molar-refractivity contribution in [1.82, 2.24) is 10.5 Å². The molecule has 9 atom stereocenters. The van der Waals surface area contributed by atoms with E-state index in [9.17, 15) is 23.1 Å². The molecular weight excluding hydrogens is 529 g/mol. The van der Waals surface area contributed by atoms with Gasteiger partial charge in [-0.1, -0.05) is 53.6 Å². The lowest BCUT2D eigenvalue weighted by Crippen LogP contribution is -2.71. The molecule has 0 bridgehead atoms. The van der Waals surface area contributed by atoms with Gasteiger partial charge in [-0.15, -0.1) is 0 Å². The zero-order chi connectivity index (χ0) is 30.0. The molecule has 5 aliphatic carbocycles. The van der Waals surface area contributed by atoms with E-state index in [1.807, 2.05) is 6.20 Å². The average molecular weight is 579 g/mol. The van der Waals surface area contributed by atoms with Gasteiger partial charge in [-0.2, -0.15) is 13.2 Å². The Kier molecular flexibility index (Phi) is 6.30. The third kappa shape index (κ3) is 3.96. The molecule has 41 heavy (non-hydrogen) atoms. The maximum Gasteiger partial charge on any atom is 0.405 e. The summed E-state index contributed by atoms with van der Waals surface area (Å²) in [5, 5.41) is 18.7. The highest BCUT2D eigenvalue weighted by atomic mass is 19.4. The number of alkyl halides is 3. The number of nitrogens with zero attached hydrogens (tertiary/aromatic N) is 1. The first-order valence-corrected chi connectivity index (χ1v) is 15.8. The molecule has 6 rings (SSSR count). The minimum Gasteiger partial charge on any atom is -0.393 e. The van der Waals surface area contributed by atoms with Crippen molar-refractivity contribution < 1.29 is 27.6 Å². The van der Waals surface area contributed by atoms with Gasteiger partial charge >= 0.3 is 6.18 Å². The number of aliphatic hydroxyl groups excluding tert-OH is 1. The van der Waals surface area contributed by atoms with E-state index in [0.717, 1.165) is 44.3 Å². The maximum atomic E-state index is 13.8. The number of nitrogens with one attached hydrogen (secondary N) is 1. The zero-order valence-electron chi connectivity index (χ0n) is 25.9. The van der Waals surface area contributed by atoms with Gasteiger partial charge in [-0.25, -0.2) is 0 Å². The number of aliphatic hydroxyl groups is 1. The molecule has 5 nitrogen and oxygen atoms in total. The summed E-state index contributed by atoms with van der Waals surface area (Å²) in [5.74, 6) is 0.934. The summed E-state index contributed by atoms with van der Waals surface area (Å²) in [7, 11) is 0. The Balaban J connectivity index is 1.40. The Morgan fingerprint density at radius 2 is 1.71 bits per heavy atom. The molecule has 0 aromatic carbocycles. The molecule has 1 aromatic rings. The lowest BCUT2D eigenvalue weighted by molar-refractivity contribution is -0.263. The van der Waals surface area contributed by atoms with Gasteiger partial charge in [0.1, 0.15) is 12.3 Å². The summed E-state index contributed by atoms with van der Waals surface area (Å²) in [6.07, 6.45) is 3.94. The number of carbonyl (C=O) groups is 1. The summed E-state index contributed by atoms with van der Waals surface area (Å²) < 4.78 is 45.4. The Hall–Kier alpha value is -1.57. The lowest BCUT2D eigenvalue weighted by Gasteiger charge is -2.73. The molecule has 1 amide bonds. The fourth-order valence-electron chi connectivity index (χ4n) is 12.1. The van der Waals surface area contributed by atoms with E-state index in [2.05, 4.69) is 58.9 Å². The van der Waals surface area contributed by atoms with Crippen LogP contribution in [-0.2, 0) is 16.6 Å². The Morgan fingerprint density at radius 1 is 1.02 bits per heavy atom. The SMILES string of the molecule is CC1(C)CC[C@]2(C(=O)NCC(F)(F)F)CC[C@]3(C)[C@H]([C@H](O)C[C@@H]4[C@@]5(C)Cc6cnoc6C(C)(C)[C@@H]5CC[C@]43C)[C@@H]2C1. The molecule has 0 saturated heterocycles. The second kappa shape index (κ2) is 8.75. The molecule has 0 unspecified atom stereocenters. The van der Waals surface area contributed by atoms with Crippen LogP contribution in [0, 0.1) is 50.7 Å². The molecule has 1 aromatic heterocycles. The van der Waals surface area contributed by atoms with Crippen molar-refractivity contribution in [3.8, 4) is 0 Å². The predicted molar refractivity (Wildman–Crippen MR) is 150 cm³/mol. The highest BCUT2D eigenvalue weighted by Gasteiger charge is 2.73. The molecule has 0 spiro atoms. The number of amides is 1. The fraction of sp³-hybridized carbons (Fsp3) is 0.879. The standard InChI is InChI=1S/C33H49F3N2O3/c1-27(2)10-12-32(26(40)37-18-33(34,35)36)13-11-31(7)24(20(32)16-27)21(39)14-23-29(5)15-19-17-38-41-25(19)28(3,4)22(29)8-9-30(23,31)6/h17,20-24,39H,8-16,18H2,1-7H3,(H,37,40)/t20-,21+,22-,23+,24-,29-,30+,31+,32-/m0/s1. The van der Waals surface area contributed by atoms with Crippen LogP contribution < -0.4 is 5.32 Å². The second-order valence-electron chi connectivity index (χ2n) is 16.8. The third-order valence-corrected chi connectivity index (χ3v) is 14.1. The largest absolute Gasteiger partial charge is 0.405 e. The topological polar surface area (TPSA) is 75.4 Å². The number of carbonyl (C=O) groups excluding carboxylic acids is 1. The van der Waals surface area contributed by atoms with Gasteiger partial charge in [0.05, 0.1) is 17.7 Å². The highest BCUT2D eigenvalue weighted by Crippen LogP contribution is 2.76. The van der Waals surface area contributed by atoms with E-state index in [0.29, 0.717) is 25.2 Å². The lowest BCUT2D eigenvalue weighted by atomic mass is 9.31. The number of hydrogen-bond acceptors (Lipinski definition) is 4. The van der Waals surface area contributed by atoms with Gasteiger partial charge in [0.25, 0.3) is 0 Å². The van der Waals surface area contributed by atoms with Gasteiger partial charge in [0.15, 0.2) is 0 Å². The van der Waals surface area contributed by atoms with Crippen molar-refractivity contribution in [2.45, 2.75) is 124 Å². The maximum absolute atomic E-state index is 13.8. The van der Waals surface area contributed by atoms with Crippen LogP contribution in [0.3, 0.4) is 0 Å². The summed E-state index contributed by atoms with van der Waals surface area (Å²) in [4.78, 5) is 13.8. The number of fused-ring (bicyclic) bond motifs is 8. The van der Waals surface area contributed by atoms with E-state index >= 15 is 0 Å². The van der Waals surface area contributed by atoms with E-state index in [1.54, 1.807) is 0 Å². The minimum absolute atomic E-state index is 0.0318. The van der Waals surface area contributed by atoms with Crippen molar-refractivity contribution in [1.29, 1.82) is 0 Å². The van der Waals surface area contributed by atoms with Crippen molar-refractivity contribution in [2.75, 3.05) is 6.54 Å². The van der Waals surface area contributed by atoms with Gasteiger partial charge in [-0.3, -0.25) is 4.79 Å². The first kappa shape index (κ1) is 29.5. The first-order valence-electron chi connectivity index (χ1n) is 15.8. The van der Waals surface area contributed by atoms with Crippen LogP contribution in [0.2, 0.25) is 0 Å². The number of rotatable bonds is 2. The van der Waals surface area contributed by atoms with E-state index < -0.39 is 30.1 Å². The van der Waals surface area contributed by atoms with E-state index in [1.165, 1.54) is 5.56 Å². The molecule has 8 heteroatoms. The number of aromatic nitrogens is 1. The molecule has 1 heterocycles. The van der Waals surface area contributed by atoms with Crippen molar-refractivity contribution >= 4 is 5.91 Å². The van der Waals surface area contributed by atoms with Gasteiger partial charge in [0.2, 0.25) is 5.91 Å². The normalized spacial score (nSPS) is 46.3. The molecule has 0 aliphatic heterocycles. The molecule has 4 fully saturated rings. The van der Waals surface area contributed by atoms with E-state index in [4.69, 9.17) is 4.52 Å². The third-order valence-electron chi connectivity index (χ3n) is 14.1. The Morgan fingerprint density at radius 3 is 2.39 bits per heavy atom. The average Bonchev–Trinajstić information content (AvgIpc) is 3.32. The monoisotopic (exact) mass is 578 g/mol. The first-order chi connectivity index (χ1) is 18.8. The Bertz CT molecular complexity index is 1220. The summed E-state index contributed by atoms with van der Waals surface area (Å²) in [5.41, 5.74) is -0.214. The Labute approximate surface area is 242 Å². The van der Waals surface area contributed by atoms with Crippen LogP contribution in [0.5, 0.6) is 0 Å². The highest BCUT2D eigenvalue weighted by molar-refractivity contribution is 5.83. The predicted octanol–water partition coefficient (Wildman–Crippen LogP) is 7.22. The van der Waals surface area contributed by atoms with Crippen LogP contribution in [0.15, 0.2) is 10.7 Å². The van der Waals surface area contributed by atoms with Crippen molar-refractivity contribution in [2.24, 2.45) is 50.7 Å². The van der Waals surface area contributed by atoms with Crippen LogP contribution in [0.4, 0.5) is 13.2 Å². The molecular formula is C33H49F3N2O3. The molecule has 230 valence electrons. The summed E-state index contributed by atoms with van der Waals surface area (Å²) in [6.45, 7) is 14.9. The van der Waals surface area contributed by atoms with Crippen LogP contribution >= 0.6 is 0 Å². The molecule has 5 aliphatic rings. The molecule has 0 radical (unpaired) electrons. The number of hydrogen-bond donors (Lipinski definition) is 2. The number of halogens is 3. The van der Waals surface area contributed by atoms with Crippen molar-refractivity contribution in [3.05, 3.63) is 17.5 Å². The zero-order valence-corrected chi connectivity index (χ0v) is 25.9. The van der Waals surface area contributed by atoms with Gasteiger partial charge < -0.3 is 14.9 Å². The second-order valence-corrected chi connectivity index (χ2v) is 16.8. The van der Waals surface area contributed by atoms with Crippen LogP contribution in [0.25, 0.3) is 0 Å². The van der Waals surface area contributed by atoms with Crippen LogP contribution in [0.1, 0.15) is 111 Å². The smallest absolute Gasteiger partial charge is 0.393 e. The molecule has 2 N–H and O–H groups in total.